The molecule has 2 aromatic rings. The molecule has 8 heteroatoms. The lowest BCUT2D eigenvalue weighted by Gasteiger charge is -2.12. The third-order valence-electron chi connectivity index (χ3n) is 4.18. The van der Waals surface area contributed by atoms with E-state index in [2.05, 4.69) is 4.99 Å². The first-order valence-corrected chi connectivity index (χ1v) is 9.76. The van der Waals surface area contributed by atoms with Crippen LogP contribution in [0.5, 0.6) is 17.2 Å². The van der Waals surface area contributed by atoms with Gasteiger partial charge >= 0.3 is 11.9 Å². The number of methoxy groups -OCH3 is 1. The Morgan fingerprint density at radius 2 is 1.81 bits per heavy atom. The van der Waals surface area contributed by atoms with Crippen molar-refractivity contribution in [1.29, 1.82) is 0 Å². The highest BCUT2D eigenvalue weighted by molar-refractivity contribution is 6.12. The summed E-state index contributed by atoms with van der Waals surface area (Å²) in [6.07, 6.45) is 1.59. The van der Waals surface area contributed by atoms with Gasteiger partial charge in [0, 0.05) is 5.56 Å². The summed E-state index contributed by atoms with van der Waals surface area (Å²) < 4.78 is 26.4. The van der Waals surface area contributed by atoms with Crippen LogP contribution >= 0.6 is 0 Å². The van der Waals surface area contributed by atoms with Crippen molar-refractivity contribution in [1.82, 2.24) is 0 Å². The summed E-state index contributed by atoms with van der Waals surface area (Å²) in [5, 5.41) is 0. The predicted octanol–water partition coefficient (Wildman–Crippen LogP) is 3.38. The van der Waals surface area contributed by atoms with Gasteiger partial charge in [0.25, 0.3) is 0 Å². The Hall–Kier alpha value is -3.81. The number of cyclic esters (lactones) is 1. The summed E-state index contributed by atoms with van der Waals surface area (Å²) >= 11 is 0. The van der Waals surface area contributed by atoms with E-state index in [0.717, 1.165) is 0 Å². The van der Waals surface area contributed by atoms with Crippen molar-refractivity contribution in [3.63, 3.8) is 0 Å². The standard InChI is InChI=1S/C23H23NO7/c1-4-28-20-13-15(6-11-19(20)30-14-21(25)29-5-2)12-18-23(26)31-22(24-18)16-7-9-17(27-3)10-8-16/h6-13H,4-5,14H2,1-3H3. The summed E-state index contributed by atoms with van der Waals surface area (Å²) in [6.45, 7) is 4.01. The van der Waals surface area contributed by atoms with E-state index in [4.69, 9.17) is 23.7 Å². The van der Waals surface area contributed by atoms with Crippen LogP contribution in [-0.2, 0) is 19.1 Å². The summed E-state index contributed by atoms with van der Waals surface area (Å²) in [4.78, 5) is 28.1. The minimum Gasteiger partial charge on any atom is -0.497 e. The quantitative estimate of drug-likeness (QED) is 0.449. The van der Waals surface area contributed by atoms with Gasteiger partial charge in [-0.1, -0.05) is 6.07 Å². The molecule has 162 valence electrons. The molecule has 31 heavy (non-hydrogen) atoms. The van der Waals surface area contributed by atoms with Gasteiger partial charge in [-0.05, 0) is 61.9 Å². The van der Waals surface area contributed by atoms with Crippen molar-refractivity contribution < 1.29 is 33.3 Å². The fourth-order valence-corrected chi connectivity index (χ4v) is 2.77. The third-order valence-corrected chi connectivity index (χ3v) is 4.18. The third kappa shape index (κ3) is 5.63. The first kappa shape index (κ1) is 21.9. The summed E-state index contributed by atoms with van der Waals surface area (Å²) in [7, 11) is 1.58. The second kappa shape index (κ2) is 10.3. The number of hydrogen-bond acceptors (Lipinski definition) is 8. The minimum absolute atomic E-state index is 0.161. The Bertz CT molecular complexity index is 1010. The maximum absolute atomic E-state index is 12.3. The van der Waals surface area contributed by atoms with E-state index in [0.29, 0.717) is 35.0 Å². The molecular formula is C23H23NO7. The average molecular weight is 425 g/mol. The molecule has 8 nitrogen and oxygen atoms in total. The van der Waals surface area contributed by atoms with E-state index in [1.807, 2.05) is 6.92 Å². The van der Waals surface area contributed by atoms with E-state index in [1.165, 1.54) is 0 Å². The fourth-order valence-electron chi connectivity index (χ4n) is 2.77. The van der Waals surface area contributed by atoms with Crippen molar-refractivity contribution in [3.8, 4) is 17.2 Å². The highest BCUT2D eigenvalue weighted by atomic mass is 16.6. The minimum atomic E-state index is -0.550. The summed E-state index contributed by atoms with van der Waals surface area (Å²) in [6, 6.07) is 12.1. The van der Waals surface area contributed by atoms with Crippen molar-refractivity contribution in [2.24, 2.45) is 4.99 Å². The number of carbonyl (C=O) groups excluding carboxylic acids is 2. The number of hydrogen-bond donors (Lipinski definition) is 0. The molecule has 0 radical (unpaired) electrons. The highest BCUT2D eigenvalue weighted by Crippen LogP contribution is 2.30. The zero-order chi connectivity index (χ0) is 22.2. The molecule has 0 amide bonds. The molecule has 1 heterocycles. The van der Waals surface area contributed by atoms with Crippen molar-refractivity contribution >= 4 is 23.9 Å². The van der Waals surface area contributed by atoms with Crippen molar-refractivity contribution in [2.45, 2.75) is 13.8 Å². The largest absolute Gasteiger partial charge is 0.497 e. The first-order chi connectivity index (χ1) is 15.0. The van der Waals surface area contributed by atoms with Crippen LogP contribution in [-0.4, -0.2) is 44.8 Å². The molecule has 0 unspecified atom stereocenters. The average Bonchev–Trinajstić information content (AvgIpc) is 3.14. The second-order valence-corrected chi connectivity index (χ2v) is 6.30. The lowest BCUT2D eigenvalue weighted by Crippen LogP contribution is -2.15. The van der Waals surface area contributed by atoms with Crippen molar-refractivity contribution in [2.75, 3.05) is 26.9 Å². The lowest BCUT2D eigenvalue weighted by atomic mass is 10.1. The van der Waals surface area contributed by atoms with Crippen molar-refractivity contribution in [3.05, 3.63) is 59.3 Å². The van der Waals surface area contributed by atoms with Crippen LogP contribution in [0.1, 0.15) is 25.0 Å². The van der Waals surface area contributed by atoms with Crippen LogP contribution < -0.4 is 14.2 Å². The van der Waals surface area contributed by atoms with Gasteiger partial charge in [0.2, 0.25) is 5.90 Å². The van der Waals surface area contributed by atoms with E-state index >= 15 is 0 Å². The van der Waals surface area contributed by atoms with Gasteiger partial charge in [0.15, 0.2) is 23.8 Å². The monoisotopic (exact) mass is 425 g/mol. The Morgan fingerprint density at radius 1 is 1.03 bits per heavy atom. The van der Waals surface area contributed by atoms with E-state index < -0.39 is 11.9 Å². The van der Waals surface area contributed by atoms with Gasteiger partial charge in [-0.25, -0.2) is 14.6 Å². The van der Waals surface area contributed by atoms with Gasteiger partial charge in [-0.15, -0.1) is 0 Å². The number of ether oxygens (including phenoxy) is 5. The number of nitrogens with zero attached hydrogens (tertiary/aromatic N) is 1. The molecule has 0 atom stereocenters. The number of aliphatic imine (C=N–C) groups is 1. The van der Waals surface area contributed by atoms with Crippen LogP contribution in [0.25, 0.3) is 6.08 Å². The van der Waals surface area contributed by atoms with Crippen LogP contribution in [0.15, 0.2) is 53.2 Å². The molecule has 0 saturated carbocycles. The summed E-state index contributed by atoms with van der Waals surface area (Å²) in [5.41, 5.74) is 1.49. The number of benzene rings is 2. The van der Waals surface area contributed by atoms with E-state index in [1.54, 1.807) is 62.6 Å². The number of esters is 2. The first-order valence-electron chi connectivity index (χ1n) is 9.76. The fraction of sp³-hybridized carbons (Fsp3) is 0.261. The Balaban J connectivity index is 1.80. The molecule has 0 aromatic heterocycles. The molecule has 0 aliphatic carbocycles. The van der Waals surface area contributed by atoms with Crippen LogP contribution in [0.3, 0.4) is 0 Å². The molecule has 0 bridgehead atoms. The van der Waals surface area contributed by atoms with E-state index in [-0.39, 0.29) is 24.8 Å². The molecule has 0 N–H and O–H groups in total. The van der Waals surface area contributed by atoms with Crippen LogP contribution in [0.4, 0.5) is 0 Å². The Labute approximate surface area is 180 Å². The molecule has 1 aliphatic heterocycles. The smallest absolute Gasteiger partial charge is 0.363 e. The van der Waals surface area contributed by atoms with Gasteiger partial charge in [-0.3, -0.25) is 0 Å². The highest BCUT2D eigenvalue weighted by Gasteiger charge is 2.24. The van der Waals surface area contributed by atoms with Gasteiger partial charge in [-0.2, -0.15) is 0 Å². The zero-order valence-electron chi connectivity index (χ0n) is 17.5. The molecule has 1 aliphatic rings. The number of carbonyl (C=O) groups is 2. The molecule has 0 fully saturated rings. The van der Waals surface area contributed by atoms with Gasteiger partial charge in [0.05, 0.1) is 20.3 Å². The van der Waals surface area contributed by atoms with Crippen LogP contribution in [0.2, 0.25) is 0 Å². The van der Waals surface area contributed by atoms with E-state index in [9.17, 15) is 9.59 Å². The molecule has 3 rings (SSSR count). The maximum atomic E-state index is 12.3. The Morgan fingerprint density at radius 3 is 2.48 bits per heavy atom. The summed E-state index contributed by atoms with van der Waals surface area (Å²) in [5.74, 6) is 0.730. The predicted molar refractivity (Wildman–Crippen MR) is 113 cm³/mol. The van der Waals surface area contributed by atoms with Gasteiger partial charge in [0.1, 0.15) is 5.75 Å². The molecular weight excluding hydrogens is 402 g/mol. The van der Waals surface area contributed by atoms with Crippen LogP contribution in [0, 0.1) is 0 Å². The molecule has 2 aromatic carbocycles. The molecule has 0 saturated heterocycles. The number of rotatable bonds is 9. The topological polar surface area (TPSA) is 92.7 Å². The Kier molecular flexibility index (Phi) is 7.26. The maximum Gasteiger partial charge on any atom is 0.363 e. The van der Waals surface area contributed by atoms with Gasteiger partial charge < -0.3 is 23.7 Å². The zero-order valence-corrected chi connectivity index (χ0v) is 17.5. The second-order valence-electron chi connectivity index (χ2n) is 6.30. The SMILES string of the molecule is CCOC(=O)COc1ccc(C=C2N=C(c3ccc(OC)cc3)OC2=O)cc1OCC. The normalized spacial score (nSPS) is 14.1. The lowest BCUT2D eigenvalue weighted by molar-refractivity contribution is -0.145. The molecule has 0 spiro atoms.